The second kappa shape index (κ2) is 9.61. The Hall–Kier alpha value is -2.51. The fraction of sp³-hybridized carbons (Fsp3) is 0.250. The van der Waals surface area contributed by atoms with Crippen LogP contribution in [0.1, 0.15) is 18.3 Å². The zero-order chi connectivity index (χ0) is 19.9. The minimum absolute atomic E-state index is 0.135. The Labute approximate surface area is 173 Å². The summed E-state index contributed by atoms with van der Waals surface area (Å²) >= 11 is 7.24. The standard InChI is InChI=1S/C20H21ClN4O2S/c1-3-14-7-9-17(10-8-14)27-12-18-23-24-20(25(18)2)28-13-19(26)22-16-6-4-5-15(21)11-16/h4-11H,3,12-13H2,1-2H3,(H,22,26). The maximum atomic E-state index is 12.1. The third-order valence-electron chi connectivity index (χ3n) is 4.07. The molecule has 1 heterocycles. The Balaban J connectivity index is 1.51. The van der Waals surface area contributed by atoms with Crippen molar-refractivity contribution in [2.75, 3.05) is 11.1 Å². The van der Waals surface area contributed by atoms with Crippen molar-refractivity contribution < 1.29 is 9.53 Å². The highest BCUT2D eigenvalue weighted by Gasteiger charge is 2.12. The topological polar surface area (TPSA) is 69.0 Å². The van der Waals surface area contributed by atoms with Crippen LogP contribution in [0.25, 0.3) is 0 Å². The fourth-order valence-electron chi connectivity index (χ4n) is 2.46. The Morgan fingerprint density at radius 1 is 1.21 bits per heavy atom. The molecule has 0 aliphatic heterocycles. The SMILES string of the molecule is CCc1ccc(OCc2nnc(SCC(=O)Nc3cccc(Cl)c3)n2C)cc1. The molecule has 6 nitrogen and oxygen atoms in total. The number of benzene rings is 2. The van der Waals surface area contributed by atoms with Crippen LogP contribution >= 0.6 is 23.4 Å². The number of thioether (sulfide) groups is 1. The maximum absolute atomic E-state index is 12.1. The van der Waals surface area contributed by atoms with Gasteiger partial charge in [0.15, 0.2) is 11.0 Å². The van der Waals surface area contributed by atoms with Crippen LogP contribution in [0.2, 0.25) is 5.02 Å². The molecule has 8 heteroatoms. The van der Waals surface area contributed by atoms with Gasteiger partial charge >= 0.3 is 0 Å². The first-order valence-electron chi connectivity index (χ1n) is 8.83. The van der Waals surface area contributed by atoms with E-state index in [0.717, 1.165) is 12.2 Å². The van der Waals surface area contributed by atoms with Gasteiger partial charge in [-0.05, 0) is 42.3 Å². The number of halogens is 1. The smallest absolute Gasteiger partial charge is 0.234 e. The fourth-order valence-corrected chi connectivity index (χ4v) is 3.38. The lowest BCUT2D eigenvalue weighted by Crippen LogP contribution is -2.14. The molecule has 1 N–H and O–H groups in total. The van der Waals surface area contributed by atoms with Crippen molar-refractivity contribution in [2.24, 2.45) is 7.05 Å². The first-order chi connectivity index (χ1) is 13.5. The Morgan fingerprint density at radius 2 is 2.00 bits per heavy atom. The van der Waals surface area contributed by atoms with E-state index in [9.17, 15) is 4.79 Å². The molecule has 146 valence electrons. The largest absolute Gasteiger partial charge is 0.486 e. The summed E-state index contributed by atoms with van der Waals surface area (Å²) in [4.78, 5) is 12.1. The van der Waals surface area contributed by atoms with Crippen LogP contribution in [0.4, 0.5) is 5.69 Å². The first kappa shape index (κ1) is 20.2. The Morgan fingerprint density at radius 3 is 2.71 bits per heavy atom. The van der Waals surface area contributed by atoms with Crippen molar-refractivity contribution in [1.29, 1.82) is 0 Å². The molecule has 3 aromatic rings. The molecule has 1 aromatic heterocycles. The van der Waals surface area contributed by atoms with Gasteiger partial charge in [-0.15, -0.1) is 10.2 Å². The van der Waals surface area contributed by atoms with Gasteiger partial charge in [-0.2, -0.15) is 0 Å². The van der Waals surface area contributed by atoms with E-state index in [0.29, 0.717) is 28.3 Å². The predicted octanol–water partition coefficient (Wildman–Crippen LogP) is 4.34. The van der Waals surface area contributed by atoms with Crippen molar-refractivity contribution in [3.8, 4) is 5.75 Å². The molecule has 0 aliphatic rings. The molecule has 0 unspecified atom stereocenters. The number of aromatic nitrogens is 3. The zero-order valence-electron chi connectivity index (χ0n) is 15.7. The highest BCUT2D eigenvalue weighted by Crippen LogP contribution is 2.19. The number of hydrogen-bond donors (Lipinski definition) is 1. The number of anilines is 1. The number of hydrogen-bond acceptors (Lipinski definition) is 5. The lowest BCUT2D eigenvalue weighted by molar-refractivity contribution is -0.113. The van der Waals surface area contributed by atoms with E-state index in [1.165, 1.54) is 17.3 Å². The van der Waals surface area contributed by atoms with E-state index in [4.69, 9.17) is 16.3 Å². The van der Waals surface area contributed by atoms with Gasteiger partial charge < -0.3 is 14.6 Å². The van der Waals surface area contributed by atoms with Crippen LogP contribution in [-0.4, -0.2) is 26.4 Å². The van der Waals surface area contributed by atoms with Gasteiger partial charge in [-0.1, -0.05) is 48.5 Å². The van der Waals surface area contributed by atoms with Crippen molar-refractivity contribution in [3.05, 3.63) is 64.9 Å². The normalized spacial score (nSPS) is 10.7. The third-order valence-corrected chi connectivity index (χ3v) is 5.32. The Bertz CT molecular complexity index is 944. The molecule has 0 spiro atoms. The molecular weight excluding hydrogens is 396 g/mol. The minimum atomic E-state index is -0.135. The average Bonchev–Trinajstić information content (AvgIpc) is 3.05. The van der Waals surface area contributed by atoms with E-state index < -0.39 is 0 Å². The number of amides is 1. The number of carbonyl (C=O) groups excluding carboxylic acids is 1. The van der Waals surface area contributed by atoms with E-state index in [-0.39, 0.29) is 11.7 Å². The van der Waals surface area contributed by atoms with E-state index >= 15 is 0 Å². The minimum Gasteiger partial charge on any atom is -0.486 e. The maximum Gasteiger partial charge on any atom is 0.234 e. The van der Waals surface area contributed by atoms with Crippen LogP contribution in [0, 0.1) is 0 Å². The van der Waals surface area contributed by atoms with Crippen LogP contribution < -0.4 is 10.1 Å². The number of aryl methyl sites for hydroxylation is 1. The third kappa shape index (κ3) is 5.50. The lowest BCUT2D eigenvalue weighted by Gasteiger charge is -2.07. The van der Waals surface area contributed by atoms with Crippen molar-refractivity contribution in [1.82, 2.24) is 14.8 Å². The van der Waals surface area contributed by atoms with Crippen molar-refractivity contribution >= 4 is 35.0 Å². The van der Waals surface area contributed by atoms with Gasteiger partial charge in [0.1, 0.15) is 12.4 Å². The summed E-state index contributed by atoms with van der Waals surface area (Å²) in [5, 5.41) is 12.3. The summed E-state index contributed by atoms with van der Waals surface area (Å²) in [6.45, 7) is 2.42. The van der Waals surface area contributed by atoms with Crippen LogP contribution in [0.3, 0.4) is 0 Å². The van der Waals surface area contributed by atoms with E-state index in [1.54, 1.807) is 24.3 Å². The zero-order valence-corrected chi connectivity index (χ0v) is 17.3. The second-order valence-corrected chi connectivity index (χ2v) is 7.47. The lowest BCUT2D eigenvalue weighted by atomic mass is 10.2. The van der Waals surface area contributed by atoms with Gasteiger partial charge in [0.25, 0.3) is 0 Å². The van der Waals surface area contributed by atoms with Gasteiger partial charge in [0.05, 0.1) is 5.75 Å². The summed E-state index contributed by atoms with van der Waals surface area (Å²) in [6.07, 6.45) is 0.995. The van der Waals surface area contributed by atoms with Gasteiger partial charge in [-0.3, -0.25) is 4.79 Å². The number of nitrogens with zero attached hydrogens (tertiary/aromatic N) is 3. The summed E-state index contributed by atoms with van der Waals surface area (Å²) in [5.41, 5.74) is 1.93. The quantitative estimate of drug-likeness (QED) is 0.553. The molecule has 0 bridgehead atoms. The van der Waals surface area contributed by atoms with Crippen LogP contribution in [0.5, 0.6) is 5.75 Å². The highest BCUT2D eigenvalue weighted by atomic mass is 35.5. The molecule has 0 atom stereocenters. The van der Waals surface area contributed by atoms with Crippen molar-refractivity contribution in [3.63, 3.8) is 0 Å². The molecule has 0 fully saturated rings. The summed E-state index contributed by atoms with van der Waals surface area (Å²) in [6, 6.07) is 15.0. The van der Waals surface area contributed by atoms with Crippen LogP contribution in [-0.2, 0) is 24.9 Å². The molecule has 0 radical (unpaired) electrons. The molecule has 28 heavy (non-hydrogen) atoms. The molecule has 3 rings (SSSR count). The number of rotatable bonds is 8. The molecule has 0 saturated carbocycles. The van der Waals surface area contributed by atoms with E-state index in [1.807, 2.05) is 35.9 Å². The predicted molar refractivity (Wildman–Crippen MR) is 112 cm³/mol. The molecule has 2 aromatic carbocycles. The summed E-state index contributed by atoms with van der Waals surface area (Å²) in [5.74, 6) is 1.56. The highest BCUT2D eigenvalue weighted by molar-refractivity contribution is 7.99. The van der Waals surface area contributed by atoms with Gasteiger partial charge in [0.2, 0.25) is 5.91 Å². The summed E-state index contributed by atoms with van der Waals surface area (Å²) in [7, 11) is 1.86. The summed E-state index contributed by atoms with van der Waals surface area (Å²) < 4.78 is 7.61. The number of nitrogens with one attached hydrogen (secondary N) is 1. The van der Waals surface area contributed by atoms with Gasteiger partial charge in [0, 0.05) is 17.8 Å². The van der Waals surface area contributed by atoms with Gasteiger partial charge in [-0.25, -0.2) is 0 Å². The molecule has 0 aliphatic carbocycles. The number of ether oxygens (including phenoxy) is 1. The number of carbonyl (C=O) groups is 1. The van der Waals surface area contributed by atoms with Crippen LogP contribution in [0.15, 0.2) is 53.7 Å². The Kier molecular flexibility index (Phi) is 6.95. The molecule has 0 saturated heterocycles. The molecular formula is C20H21ClN4O2S. The molecule has 1 amide bonds. The first-order valence-corrected chi connectivity index (χ1v) is 10.2. The second-order valence-electron chi connectivity index (χ2n) is 6.09. The van der Waals surface area contributed by atoms with E-state index in [2.05, 4.69) is 22.4 Å². The van der Waals surface area contributed by atoms with Crippen molar-refractivity contribution in [2.45, 2.75) is 25.1 Å². The average molecular weight is 417 g/mol. The monoisotopic (exact) mass is 416 g/mol.